The molecule has 0 fully saturated rings. The minimum absolute atomic E-state index is 0.0838. The van der Waals surface area contributed by atoms with Crippen LogP contribution in [0.2, 0.25) is 0 Å². The fraction of sp³-hybridized carbons (Fsp3) is 0.133. The van der Waals surface area contributed by atoms with E-state index in [4.69, 9.17) is 4.74 Å². The van der Waals surface area contributed by atoms with Gasteiger partial charge in [0.2, 0.25) is 5.91 Å². The minimum Gasteiger partial charge on any atom is -0.407 e. The van der Waals surface area contributed by atoms with E-state index >= 15 is 0 Å². The van der Waals surface area contributed by atoms with Gasteiger partial charge < -0.3 is 4.74 Å². The van der Waals surface area contributed by atoms with Gasteiger partial charge in [-0.2, -0.15) is 0 Å². The molecule has 0 unspecified atom stereocenters. The standard InChI is InChI=1S/C15H12N2O3/c1-9-16-13(15(19)20-9)7-11-8-17(10(2)18)14-6-4-3-5-12(11)14/h3-8H,1-2H3. The summed E-state index contributed by atoms with van der Waals surface area (Å²) in [6.45, 7) is 3.12. The molecule has 2 heterocycles. The van der Waals surface area contributed by atoms with Crippen molar-refractivity contribution >= 4 is 34.8 Å². The lowest BCUT2D eigenvalue weighted by Crippen LogP contribution is -2.02. The Kier molecular flexibility index (Phi) is 2.75. The van der Waals surface area contributed by atoms with Gasteiger partial charge in [-0.3, -0.25) is 9.36 Å². The number of nitrogens with zero attached hydrogens (tertiary/aromatic N) is 2. The Morgan fingerprint density at radius 1 is 1.35 bits per heavy atom. The van der Waals surface area contributed by atoms with E-state index in [9.17, 15) is 9.59 Å². The Morgan fingerprint density at radius 2 is 2.10 bits per heavy atom. The Labute approximate surface area is 115 Å². The van der Waals surface area contributed by atoms with Gasteiger partial charge in [0.15, 0.2) is 11.6 Å². The number of carbonyl (C=O) groups is 2. The van der Waals surface area contributed by atoms with Gasteiger partial charge in [0.05, 0.1) is 5.52 Å². The fourth-order valence-corrected chi connectivity index (χ4v) is 2.24. The normalized spacial score (nSPS) is 16.6. The van der Waals surface area contributed by atoms with Gasteiger partial charge in [-0.1, -0.05) is 18.2 Å². The molecule has 1 aliphatic rings. The second-order valence-electron chi connectivity index (χ2n) is 4.54. The Morgan fingerprint density at radius 3 is 2.75 bits per heavy atom. The molecule has 100 valence electrons. The lowest BCUT2D eigenvalue weighted by atomic mass is 10.1. The number of aromatic nitrogens is 1. The number of para-hydroxylation sites is 1. The number of carbonyl (C=O) groups excluding carboxylic acids is 2. The molecule has 20 heavy (non-hydrogen) atoms. The van der Waals surface area contributed by atoms with Gasteiger partial charge in [0.25, 0.3) is 0 Å². The third kappa shape index (κ3) is 1.93. The van der Waals surface area contributed by atoms with E-state index < -0.39 is 5.97 Å². The summed E-state index contributed by atoms with van der Waals surface area (Å²) in [4.78, 5) is 27.3. The van der Waals surface area contributed by atoms with Crippen molar-refractivity contribution in [2.75, 3.05) is 0 Å². The summed E-state index contributed by atoms with van der Waals surface area (Å²) in [5.74, 6) is -0.224. The van der Waals surface area contributed by atoms with E-state index in [-0.39, 0.29) is 11.6 Å². The van der Waals surface area contributed by atoms with Crippen LogP contribution in [0.1, 0.15) is 24.2 Å². The van der Waals surface area contributed by atoms with Crippen molar-refractivity contribution in [3.05, 3.63) is 41.7 Å². The highest BCUT2D eigenvalue weighted by Gasteiger charge is 2.20. The summed E-state index contributed by atoms with van der Waals surface area (Å²) in [7, 11) is 0. The van der Waals surface area contributed by atoms with E-state index in [0.717, 1.165) is 16.5 Å². The molecule has 5 nitrogen and oxygen atoms in total. The minimum atomic E-state index is -0.470. The predicted molar refractivity (Wildman–Crippen MR) is 75.4 cm³/mol. The maximum absolute atomic E-state index is 11.6. The second-order valence-corrected chi connectivity index (χ2v) is 4.54. The molecule has 0 atom stereocenters. The van der Waals surface area contributed by atoms with Gasteiger partial charge in [0.1, 0.15) is 0 Å². The second kappa shape index (κ2) is 4.45. The van der Waals surface area contributed by atoms with E-state index in [1.165, 1.54) is 6.92 Å². The first-order chi connectivity index (χ1) is 9.56. The molecule has 0 spiro atoms. The molecule has 2 aromatic rings. The average Bonchev–Trinajstić information content (AvgIpc) is 2.92. The predicted octanol–water partition coefficient (Wildman–Crippen LogP) is 2.62. The van der Waals surface area contributed by atoms with Gasteiger partial charge >= 0.3 is 5.97 Å². The van der Waals surface area contributed by atoms with Crippen LogP contribution in [0.25, 0.3) is 17.0 Å². The molecule has 5 heteroatoms. The highest BCUT2D eigenvalue weighted by Crippen LogP contribution is 2.25. The van der Waals surface area contributed by atoms with Crippen LogP contribution in [-0.4, -0.2) is 22.3 Å². The number of rotatable bonds is 1. The van der Waals surface area contributed by atoms with Crippen LogP contribution < -0.4 is 0 Å². The number of esters is 1. The molecule has 0 amide bonds. The first-order valence-corrected chi connectivity index (χ1v) is 6.16. The zero-order chi connectivity index (χ0) is 14.3. The summed E-state index contributed by atoms with van der Waals surface area (Å²) in [6.07, 6.45) is 3.34. The van der Waals surface area contributed by atoms with Gasteiger partial charge in [-0.15, -0.1) is 0 Å². The Balaban J connectivity index is 2.20. The molecule has 0 saturated carbocycles. The molecule has 0 saturated heterocycles. The Hall–Kier alpha value is -2.69. The maximum atomic E-state index is 11.6. The highest BCUT2D eigenvalue weighted by molar-refractivity contribution is 6.08. The number of aliphatic imine (C=N–C) groups is 1. The smallest absolute Gasteiger partial charge is 0.363 e. The summed E-state index contributed by atoms with van der Waals surface area (Å²) >= 11 is 0. The molecule has 0 bridgehead atoms. The van der Waals surface area contributed by atoms with Gasteiger partial charge in [0, 0.05) is 31.0 Å². The van der Waals surface area contributed by atoms with Gasteiger partial charge in [-0.05, 0) is 12.1 Å². The number of cyclic esters (lactones) is 1. The highest BCUT2D eigenvalue weighted by atomic mass is 16.6. The number of hydrogen-bond acceptors (Lipinski definition) is 4. The molecule has 3 rings (SSSR count). The van der Waals surface area contributed by atoms with Crippen molar-refractivity contribution in [2.24, 2.45) is 4.99 Å². The van der Waals surface area contributed by atoms with Crippen LogP contribution in [0.15, 0.2) is 41.2 Å². The van der Waals surface area contributed by atoms with Crippen molar-refractivity contribution in [2.45, 2.75) is 13.8 Å². The quantitative estimate of drug-likeness (QED) is 0.590. The molecular formula is C15H12N2O3. The summed E-state index contributed by atoms with van der Waals surface area (Å²) in [5.41, 5.74) is 1.81. The molecule has 0 radical (unpaired) electrons. The van der Waals surface area contributed by atoms with Crippen LogP contribution in [0.5, 0.6) is 0 Å². The SMILES string of the molecule is CC(=O)n1cc(C=C2N=C(C)OC2=O)c2ccccc21. The number of ether oxygens (including phenoxy) is 1. The van der Waals surface area contributed by atoms with Crippen LogP contribution in [0.3, 0.4) is 0 Å². The lowest BCUT2D eigenvalue weighted by molar-refractivity contribution is -0.130. The number of benzene rings is 1. The van der Waals surface area contributed by atoms with Crippen LogP contribution in [-0.2, 0) is 9.53 Å². The lowest BCUT2D eigenvalue weighted by Gasteiger charge is -1.96. The van der Waals surface area contributed by atoms with Crippen molar-refractivity contribution in [3.63, 3.8) is 0 Å². The molecule has 0 aliphatic carbocycles. The van der Waals surface area contributed by atoms with E-state index in [1.54, 1.807) is 23.8 Å². The van der Waals surface area contributed by atoms with E-state index in [1.807, 2.05) is 24.3 Å². The third-order valence-electron chi connectivity index (χ3n) is 3.10. The fourth-order valence-electron chi connectivity index (χ4n) is 2.24. The molecule has 1 aromatic heterocycles. The van der Waals surface area contributed by atoms with Crippen molar-refractivity contribution in [1.82, 2.24) is 4.57 Å². The summed E-state index contributed by atoms with van der Waals surface area (Å²) in [6, 6.07) is 7.51. The molecular weight excluding hydrogens is 256 g/mol. The molecule has 0 N–H and O–H groups in total. The topological polar surface area (TPSA) is 60.7 Å². The largest absolute Gasteiger partial charge is 0.407 e. The van der Waals surface area contributed by atoms with Crippen LogP contribution in [0, 0.1) is 0 Å². The first-order valence-electron chi connectivity index (χ1n) is 6.16. The summed E-state index contributed by atoms with van der Waals surface area (Å²) in [5, 5.41) is 0.891. The summed E-state index contributed by atoms with van der Waals surface area (Å²) < 4.78 is 6.44. The van der Waals surface area contributed by atoms with E-state index in [0.29, 0.717) is 5.90 Å². The van der Waals surface area contributed by atoms with Crippen molar-refractivity contribution < 1.29 is 14.3 Å². The van der Waals surface area contributed by atoms with Crippen molar-refractivity contribution in [1.29, 1.82) is 0 Å². The van der Waals surface area contributed by atoms with Crippen LogP contribution >= 0.6 is 0 Å². The van der Waals surface area contributed by atoms with Crippen molar-refractivity contribution in [3.8, 4) is 0 Å². The third-order valence-corrected chi connectivity index (χ3v) is 3.10. The van der Waals surface area contributed by atoms with E-state index in [2.05, 4.69) is 4.99 Å². The Bertz CT molecular complexity index is 797. The maximum Gasteiger partial charge on any atom is 0.363 e. The number of fused-ring (bicyclic) bond motifs is 1. The molecule has 1 aromatic carbocycles. The van der Waals surface area contributed by atoms with Crippen LogP contribution in [0.4, 0.5) is 0 Å². The monoisotopic (exact) mass is 268 g/mol. The van der Waals surface area contributed by atoms with Gasteiger partial charge in [-0.25, -0.2) is 9.79 Å². The molecule has 1 aliphatic heterocycles. The zero-order valence-electron chi connectivity index (χ0n) is 11.1. The average molecular weight is 268 g/mol. The first kappa shape index (κ1) is 12.3. The number of hydrogen-bond donors (Lipinski definition) is 0. The zero-order valence-corrected chi connectivity index (χ0v) is 11.1.